The molecule has 26 heavy (non-hydrogen) atoms. The predicted octanol–water partition coefficient (Wildman–Crippen LogP) is 2.89. The van der Waals surface area contributed by atoms with Gasteiger partial charge in [0, 0.05) is 38.8 Å². The predicted molar refractivity (Wildman–Crippen MR) is 111 cm³/mol. The monoisotopic (exact) mass is 379 g/mol. The molecule has 1 fully saturated rings. The molecule has 1 heterocycles. The molecule has 1 aliphatic rings. The van der Waals surface area contributed by atoms with Crippen LogP contribution in [-0.2, 0) is 11.3 Å². The maximum atomic E-state index is 5.69. The fourth-order valence-corrected chi connectivity index (χ4v) is 3.27. The largest absolute Gasteiger partial charge is 0.497 e. The van der Waals surface area contributed by atoms with Crippen LogP contribution in [0.25, 0.3) is 0 Å². The first-order chi connectivity index (χ1) is 12.6. The Morgan fingerprint density at radius 1 is 1.31 bits per heavy atom. The smallest absolute Gasteiger partial charge is 0.169 e. The summed E-state index contributed by atoms with van der Waals surface area (Å²) in [5.41, 5.74) is 1.24. The lowest BCUT2D eigenvalue weighted by Gasteiger charge is -2.30. The average molecular weight is 380 g/mol. The van der Waals surface area contributed by atoms with Crippen molar-refractivity contribution < 1.29 is 9.47 Å². The number of nitrogens with one attached hydrogen (secondary N) is 1. The van der Waals surface area contributed by atoms with Gasteiger partial charge in [-0.25, -0.2) is 0 Å². The standard InChI is InChI=1S/C20H33N3O2S/c1-4-17(2)21-20(26)23(11-5-10-22-12-14-25-15-13-22)16-18-6-8-19(24-3)9-7-18/h6-9,17H,4-5,10-16H2,1-3H3,(H,21,26). The zero-order chi connectivity index (χ0) is 18.8. The molecule has 2 rings (SSSR count). The minimum atomic E-state index is 0.389. The summed E-state index contributed by atoms with van der Waals surface area (Å²) in [5, 5.41) is 4.30. The van der Waals surface area contributed by atoms with E-state index in [2.05, 4.69) is 41.1 Å². The summed E-state index contributed by atoms with van der Waals surface area (Å²) in [7, 11) is 1.69. The number of morpholine rings is 1. The first-order valence-corrected chi connectivity index (χ1v) is 10.0. The van der Waals surface area contributed by atoms with Crippen LogP contribution in [0.4, 0.5) is 0 Å². The Hall–Kier alpha value is -1.37. The van der Waals surface area contributed by atoms with Gasteiger partial charge in [-0.15, -0.1) is 0 Å². The van der Waals surface area contributed by atoms with Gasteiger partial charge in [0.25, 0.3) is 0 Å². The van der Waals surface area contributed by atoms with E-state index < -0.39 is 0 Å². The van der Waals surface area contributed by atoms with Crippen LogP contribution >= 0.6 is 12.2 Å². The highest BCUT2D eigenvalue weighted by Crippen LogP contribution is 2.14. The van der Waals surface area contributed by atoms with E-state index in [-0.39, 0.29) is 0 Å². The van der Waals surface area contributed by atoms with Crippen molar-refractivity contribution in [2.75, 3.05) is 46.5 Å². The van der Waals surface area contributed by atoms with E-state index in [4.69, 9.17) is 21.7 Å². The van der Waals surface area contributed by atoms with Crippen LogP contribution in [0.5, 0.6) is 5.75 Å². The molecule has 1 N–H and O–H groups in total. The average Bonchev–Trinajstić information content (AvgIpc) is 2.68. The molecule has 5 nitrogen and oxygen atoms in total. The summed E-state index contributed by atoms with van der Waals surface area (Å²) in [6.07, 6.45) is 2.16. The first-order valence-electron chi connectivity index (χ1n) is 9.60. The number of nitrogens with zero attached hydrogens (tertiary/aromatic N) is 2. The molecule has 1 aromatic rings. The molecule has 0 radical (unpaired) electrons. The van der Waals surface area contributed by atoms with Crippen LogP contribution in [0.15, 0.2) is 24.3 Å². The summed E-state index contributed by atoms with van der Waals surface area (Å²) in [6.45, 7) is 11.0. The van der Waals surface area contributed by atoms with Crippen LogP contribution < -0.4 is 10.1 Å². The molecule has 0 spiro atoms. The molecule has 146 valence electrons. The van der Waals surface area contributed by atoms with Crippen molar-refractivity contribution in [1.29, 1.82) is 0 Å². The van der Waals surface area contributed by atoms with Crippen molar-refractivity contribution in [2.24, 2.45) is 0 Å². The maximum absolute atomic E-state index is 5.69. The van der Waals surface area contributed by atoms with Gasteiger partial charge in [0.05, 0.1) is 20.3 Å². The van der Waals surface area contributed by atoms with E-state index in [1.165, 1.54) is 5.56 Å². The summed E-state index contributed by atoms with van der Waals surface area (Å²) in [5.74, 6) is 0.882. The Kier molecular flexibility index (Phi) is 9.15. The van der Waals surface area contributed by atoms with Gasteiger partial charge in [0.1, 0.15) is 5.75 Å². The molecule has 0 aromatic heterocycles. The molecule has 0 saturated carbocycles. The van der Waals surface area contributed by atoms with Gasteiger partial charge in [0.15, 0.2) is 5.11 Å². The summed E-state index contributed by atoms with van der Waals surface area (Å²) < 4.78 is 10.7. The second-order valence-electron chi connectivity index (χ2n) is 6.84. The van der Waals surface area contributed by atoms with E-state index in [1.54, 1.807) is 7.11 Å². The Bertz CT molecular complexity index is 532. The van der Waals surface area contributed by atoms with Gasteiger partial charge in [-0.1, -0.05) is 19.1 Å². The van der Waals surface area contributed by atoms with Gasteiger partial charge in [-0.2, -0.15) is 0 Å². The molecular weight excluding hydrogens is 346 g/mol. The van der Waals surface area contributed by atoms with Crippen molar-refractivity contribution in [3.8, 4) is 5.75 Å². The Balaban J connectivity index is 1.91. The molecule has 1 aromatic carbocycles. The Labute approximate surface area is 163 Å². The summed E-state index contributed by atoms with van der Waals surface area (Å²) in [6, 6.07) is 8.62. The van der Waals surface area contributed by atoms with E-state index >= 15 is 0 Å². The highest BCUT2D eigenvalue weighted by atomic mass is 32.1. The number of benzene rings is 1. The molecule has 0 amide bonds. The third kappa shape index (κ3) is 7.09. The lowest BCUT2D eigenvalue weighted by molar-refractivity contribution is 0.0367. The number of thiocarbonyl (C=S) groups is 1. The van der Waals surface area contributed by atoms with Crippen molar-refractivity contribution in [3.05, 3.63) is 29.8 Å². The zero-order valence-electron chi connectivity index (χ0n) is 16.4. The minimum absolute atomic E-state index is 0.389. The second kappa shape index (κ2) is 11.4. The van der Waals surface area contributed by atoms with E-state index in [0.717, 1.165) is 69.6 Å². The van der Waals surface area contributed by atoms with Gasteiger partial charge in [-0.05, 0) is 49.7 Å². The fourth-order valence-electron chi connectivity index (χ4n) is 2.92. The van der Waals surface area contributed by atoms with Crippen LogP contribution in [0.2, 0.25) is 0 Å². The highest BCUT2D eigenvalue weighted by Gasteiger charge is 2.14. The maximum Gasteiger partial charge on any atom is 0.169 e. The number of methoxy groups -OCH3 is 1. The normalized spacial score (nSPS) is 16.1. The molecule has 6 heteroatoms. The molecule has 1 saturated heterocycles. The summed E-state index contributed by atoms with van der Waals surface area (Å²) >= 11 is 5.69. The number of hydrogen-bond donors (Lipinski definition) is 1. The van der Waals surface area contributed by atoms with Crippen molar-refractivity contribution in [1.82, 2.24) is 15.1 Å². The van der Waals surface area contributed by atoms with Crippen LogP contribution in [0, 0.1) is 0 Å². The SMILES string of the molecule is CCC(C)NC(=S)N(CCCN1CCOCC1)Cc1ccc(OC)cc1. The van der Waals surface area contributed by atoms with Crippen molar-refractivity contribution >= 4 is 17.3 Å². The van der Waals surface area contributed by atoms with Crippen LogP contribution in [-0.4, -0.2) is 67.5 Å². The zero-order valence-corrected chi connectivity index (χ0v) is 17.2. The molecule has 1 aliphatic heterocycles. The van der Waals surface area contributed by atoms with Crippen LogP contribution in [0.1, 0.15) is 32.3 Å². The number of hydrogen-bond acceptors (Lipinski definition) is 4. The third-order valence-corrected chi connectivity index (χ3v) is 5.18. The molecule has 0 bridgehead atoms. The van der Waals surface area contributed by atoms with Gasteiger partial charge in [0.2, 0.25) is 0 Å². The lowest BCUT2D eigenvalue weighted by atomic mass is 10.2. The van der Waals surface area contributed by atoms with E-state index in [1.807, 2.05) is 12.1 Å². The minimum Gasteiger partial charge on any atom is -0.497 e. The molecule has 1 atom stereocenters. The Morgan fingerprint density at radius 2 is 2.00 bits per heavy atom. The quantitative estimate of drug-likeness (QED) is 0.665. The third-order valence-electron chi connectivity index (χ3n) is 4.81. The topological polar surface area (TPSA) is 37.0 Å². The molecule has 1 unspecified atom stereocenters. The van der Waals surface area contributed by atoms with Gasteiger partial charge < -0.3 is 19.7 Å². The van der Waals surface area contributed by atoms with Crippen molar-refractivity contribution in [3.63, 3.8) is 0 Å². The highest BCUT2D eigenvalue weighted by molar-refractivity contribution is 7.80. The lowest BCUT2D eigenvalue weighted by Crippen LogP contribution is -2.44. The van der Waals surface area contributed by atoms with Gasteiger partial charge >= 0.3 is 0 Å². The van der Waals surface area contributed by atoms with Crippen molar-refractivity contribution in [2.45, 2.75) is 39.3 Å². The number of ether oxygens (including phenoxy) is 2. The fraction of sp³-hybridized carbons (Fsp3) is 0.650. The Morgan fingerprint density at radius 3 is 2.62 bits per heavy atom. The van der Waals surface area contributed by atoms with E-state index in [0.29, 0.717) is 6.04 Å². The summed E-state index contributed by atoms with van der Waals surface area (Å²) in [4.78, 5) is 4.75. The first kappa shape index (κ1) is 20.9. The van der Waals surface area contributed by atoms with E-state index in [9.17, 15) is 0 Å². The van der Waals surface area contributed by atoms with Gasteiger partial charge in [-0.3, -0.25) is 4.90 Å². The molecule has 0 aliphatic carbocycles. The molecular formula is C20H33N3O2S. The van der Waals surface area contributed by atoms with Crippen LogP contribution in [0.3, 0.4) is 0 Å². The second-order valence-corrected chi connectivity index (χ2v) is 7.22. The number of rotatable bonds is 9.